The van der Waals surface area contributed by atoms with E-state index < -0.39 is 0 Å². The van der Waals surface area contributed by atoms with Crippen LogP contribution in [0.15, 0.2) is 59.6 Å². The highest BCUT2D eigenvalue weighted by molar-refractivity contribution is 5.94. The highest BCUT2D eigenvalue weighted by Crippen LogP contribution is 2.30. The lowest BCUT2D eigenvalue weighted by molar-refractivity contribution is 0.0932. The Labute approximate surface area is 144 Å². The molecular weight excluding hydrogens is 318 g/mol. The number of carbonyl (C=O) groups is 1. The molecule has 1 aliphatic rings. The second kappa shape index (κ2) is 6.76. The molecule has 1 amide bonds. The third-order valence-corrected chi connectivity index (χ3v) is 4.22. The number of amides is 1. The highest BCUT2D eigenvalue weighted by atomic mass is 16.5. The van der Waals surface area contributed by atoms with Crippen LogP contribution < -0.4 is 10.1 Å². The first-order valence-corrected chi connectivity index (χ1v) is 8.20. The summed E-state index contributed by atoms with van der Waals surface area (Å²) in [5.74, 6) is 1.76. The molecule has 2 aromatic heterocycles. The smallest absolute Gasteiger partial charge is 0.251 e. The Morgan fingerprint density at radius 2 is 2.24 bits per heavy atom. The summed E-state index contributed by atoms with van der Waals surface area (Å²) in [5.41, 5.74) is 1.61. The van der Waals surface area contributed by atoms with Gasteiger partial charge in [-0.2, -0.15) is 0 Å². The van der Waals surface area contributed by atoms with Crippen molar-refractivity contribution in [3.05, 3.63) is 72.1 Å². The van der Waals surface area contributed by atoms with Crippen LogP contribution in [-0.4, -0.2) is 15.9 Å². The second-order valence-electron chi connectivity index (χ2n) is 5.89. The van der Waals surface area contributed by atoms with Gasteiger partial charge in [0.15, 0.2) is 0 Å². The van der Waals surface area contributed by atoms with Crippen molar-refractivity contribution >= 4 is 5.91 Å². The molecule has 4 rings (SSSR count). The average Bonchev–Trinajstić information content (AvgIpc) is 3.13. The minimum Gasteiger partial charge on any atom is -0.469 e. The monoisotopic (exact) mass is 335 g/mol. The van der Waals surface area contributed by atoms with Crippen LogP contribution in [0.2, 0.25) is 0 Å². The largest absolute Gasteiger partial charge is 0.469 e. The zero-order valence-electron chi connectivity index (χ0n) is 13.5. The molecule has 1 aromatic carbocycles. The average molecular weight is 335 g/mol. The van der Waals surface area contributed by atoms with Crippen molar-refractivity contribution in [1.29, 1.82) is 0 Å². The Morgan fingerprint density at radius 3 is 3.12 bits per heavy atom. The van der Waals surface area contributed by atoms with Crippen molar-refractivity contribution in [1.82, 2.24) is 15.3 Å². The van der Waals surface area contributed by atoms with E-state index in [4.69, 9.17) is 9.15 Å². The van der Waals surface area contributed by atoms with Gasteiger partial charge in [0.25, 0.3) is 5.91 Å². The number of furan rings is 1. The van der Waals surface area contributed by atoms with E-state index in [0.29, 0.717) is 17.2 Å². The molecule has 0 saturated heterocycles. The maximum atomic E-state index is 12.6. The molecule has 1 aliphatic carbocycles. The quantitative estimate of drug-likeness (QED) is 0.787. The molecule has 25 heavy (non-hydrogen) atoms. The first-order valence-electron chi connectivity index (χ1n) is 8.20. The van der Waals surface area contributed by atoms with Gasteiger partial charge in [0.2, 0.25) is 5.88 Å². The van der Waals surface area contributed by atoms with Gasteiger partial charge in [0, 0.05) is 29.9 Å². The van der Waals surface area contributed by atoms with E-state index in [1.54, 1.807) is 42.9 Å². The first-order chi connectivity index (χ1) is 12.3. The predicted octanol–water partition coefficient (Wildman–Crippen LogP) is 3.67. The van der Waals surface area contributed by atoms with Crippen molar-refractivity contribution in [3.8, 4) is 11.6 Å². The third-order valence-electron chi connectivity index (χ3n) is 4.22. The minimum atomic E-state index is -0.136. The molecule has 0 bridgehead atoms. The molecular formula is C19H17N3O3. The number of ether oxygens (including phenoxy) is 1. The fourth-order valence-corrected chi connectivity index (χ4v) is 3.04. The molecule has 3 aromatic rings. The Hall–Kier alpha value is -3.15. The summed E-state index contributed by atoms with van der Waals surface area (Å²) < 4.78 is 11.1. The Bertz CT molecular complexity index is 876. The second-order valence-corrected chi connectivity index (χ2v) is 5.89. The van der Waals surface area contributed by atoms with Gasteiger partial charge in [-0.1, -0.05) is 6.07 Å². The molecule has 1 atom stereocenters. The summed E-state index contributed by atoms with van der Waals surface area (Å²) in [6.07, 6.45) is 9.17. The van der Waals surface area contributed by atoms with Gasteiger partial charge in [-0.3, -0.25) is 9.78 Å². The summed E-state index contributed by atoms with van der Waals surface area (Å²) in [5, 5.41) is 3.09. The SMILES string of the molecule is O=C(NC1CCCc2occc21)c1cccc(Oc2cnccn2)c1. The first kappa shape index (κ1) is 15.4. The van der Waals surface area contributed by atoms with Crippen molar-refractivity contribution in [2.75, 3.05) is 0 Å². The van der Waals surface area contributed by atoms with Crippen LogP contribution in [0.5, 0.6) is 11.6 Å². The molecule has 0 fully saturated rings. The minimum absolute atomic E-state index is 0.0143. The Balaban J connectivity index is 1.49. The summed E-state index contributed by atoms with van der Waals surface area (Å²) in [6.45, 7) is 0. The summed E-state index contributed by atoms with van der Waals surface area (Å²) in [6, 6.07) is 8.94. The van der Waals surface area contributed by atoms with Crippen molar-refractivity contribution in [2.24, 2.45) is 0 Å². The third kappa shape index (κ3) is 3.38. The van der Waals surface area contributed by atoms with Crippen LogP contribution in [0.4, 0.5) is 0 Å². The number of carbonyl (C=O) groups excluding carboxylic acids is 1. The zero-order valence-corrected chi connectivity index (χ0v) is 13.5. The van der Waals surface area contributed by atoms with E-state index in [1.807, 2.05) is 6.07 Å². The number of fused-ring (bicyclic) bond motifs is 1. The lowest BCUT2D eigenvalue weighted by Gasteiger charge is -2.22. The summed E-state index contributed by atoms with van der Waals surface area (Å²) in [7, 11) is 0. The molecule has 1 unspecified atom stereocenters. The van der Waals surface area contributed by atoms with Gasteiger partial charge in [-0.25, -0.2) is 4.98 Å². The van der Waals surface area contributed by atoms with E-state index in [9.17, 15) is 4.79 Å². The molecule has 6 heteroatoms. The maximum Gasteiger partial charge on any atom is 0.251 e. The van der Waals surface area contributed by atoms with Gasteiger partial charge in [0.05, 0.1) is 18.5 Å². The lowest BCUT2D eigenvalue weighted by atomic mass is 9.93. The number of hydrogen-bond acceptors (Lipinski definition) is 5. The van der Waals surface area contributed by atoms with E-state index in [1.165, 1.54) is 6.20 Å². The van der Waals surface area contributed by atoms with Crippen LogP contribution in [-0.2, 0) is 6.42 Å². The maximum absolute atomic E-state index is 12.6. The van der Waals surface area contributed by atoms with Crippen molar-refractivity contribution in [3.63, 3.8) is 0 Å². The molecule has 0 aliphatic heterocycles. The Kier molecular flexibility index (Phi) is 4.16. The van der Waals surface area contributed by atoms with Crippen LogP contribution in [0.1, 0.15) is 40.6 Å². The summed E-state index contributed by atoms with van der Waals surface area (Å²) in [4.78, 5) is 20.6. The predicted molar refractivity (Wildman–Crippen MR) is 90.4 cm³/mol. The molecule has 6 nitrogen and oxygen atoms in total. The van der Waals surface area contributed by atoms with Crippen molar-refractivity contribution in [2.45, 2.75) is 25.3 Å². The number of aryl methyl sites for hydroxylation is 1. The number of nitrogens with zero attached hydrogens (tertiary/aromatic N) is 2. The normalized spacial score (nSPS) is 16.1. The number of rotatable bonds is 4. The van der Waals surface area contributed by atoms with E-state index in [0.717, 1.165) is 30.6 Å². The van der Waals surface area contributed by atoms with E-state index >= 15 is 0 Å². The van der Waals surface area contributed by atoms with Crippen LogP contribution in [0.25, 0.3) is 0 Å². The molecule has 126 valence electrons. The topological polar surface area (TPSA) is 77.2 Å². The van der Waals surface area contributed by atoms with Gasteiger partial charge in [0.1, 0.15) is 11.5 Å². The molecule has 0 saturated carbocycles. The fourth-order valence-electron chi connectivity index (χ4n) is 3.04. The zero-order chi connectivity index (χ0) is 17.1. The van der Waals surface area contributed by atoms with Crippen molar-refractivity contribution < 1.29 is 13.9 Å². The Morgan fingerprint density at radius 1 is 1.28 bits per heavy atom. The molecule has 0 spiro atoms. The molecule has 1 N–H and O–H groups in total. The molecule has 0 radical (unpaired) electrons. The van der Waals surface area contributed by atoms with Gasteiger partial charge < -0.3 is 14.5 Å². The van der Waals surface area contributed by atoms with Gasteiger partial charge >= 0.3 is 0 Å². The standard InChI is InChI=1S/C19H17N3O3/c23-19(22-16-5-2-6-17-15(16)7-10-24-17)13-3-1-4-14(11-13)25-18-12-20-8-9-21-18/h1,3-4,7-12,16H,2,5-6H2,(H,22,23). The highest BCUT2D eigenvalue weighted by Gasteiger charge is 2.24. The van der Waals surface area contributed by atoms with E-state index in [2.05, 4.69) is 15.3 Å². The van der Waals surface area contributed by atoms with E-state index in [-0.39, 0.29) is 11.9 Å². The van der Waals surface area contributed by atoms with Crippen LogP contribution >= 0.6 is 0 Å². The fraction of sp³-hybridized carbons (Fsp3) is 0.211. The molecule has 2 heterocycles. The van der Waals surface area contributed by atoms with Gasteiger partial charge in [-0.05, 0) is 37.1 Å². The van der Waals surface area contributed by atoms with Crippen LogP contribution in [0.3, 0.4) is 0 Å². The van der Waals surface area contributed by atoms with Crippen LogP contribution in [0, 0.1) is 0 Å². The lowest BCUT2D eigenvalue weighted by Crippen LogP contribution is -2.30. The number of nitrogens with one attached hydrogen (secondary N) is 1. The number of aromatic nitrogens is 2. The number of benzene rings is 1. The number of hydrogen-bond donors (Lipinski definition) is 1. The van der Waals surface area contributed by atoms with Gasteiger partial charge in [-0.15, -0.1) is 0 Å². The summed E-state index contributed by atoms with van der Waals surface area (Å²) >= 11 is 0.